The van der Waals surface area contributed by atoms with Crippen LogP contribution in [0.25, 0.3) is 11.2 Å². The zero-order valence-electron chi connectivity index (χ0n) is 20.0. The first kappa shape index (κ1) is 28.8. The van der Waals surface area contributed by atoms with Crippen molar-refractivity contribution in [3.8, 4) is 0 Å². The molecular formula is C20H33N7O8P+. The van der Waals surface area contributed by atoms with Crippen LogP contribution in [-0.4, -0.2) is 79.3 Å². The number of ether oxygens (including phenoxy) is 2. The zero-order chi connectivity index (χ0) is 26.7. The third kappa shape index (κ3) is 10.1. The lowest BCUT2D eigenvalue weighted by atomic mass is 10.3. The first-order valence-electron chi connectivity index (χ1n) is 11.2. The van der Waals surface area contributed by atoms with Crippen molar-refractivity contribution in [3.63, 3.8) is 0 Å². The fourth-order valence-electron chi connectivity index (χ4n) is 2.74. The van der Waals surface area contributed by atoms with Crippen LogP contribution >= 0.6 is 7.95 Å². The second kappa shape index (κ2) is 14.2. The number of aliphatic carboxylic acids is 2. The average Bonchev–Trinajstić information content (AvgIpc) is 3.53. The van der Waals surface area contributed by atoms with Crippen LogP contribution in [0, 0.1) is 0 Å². The van der Waals surface area contributed by atoms with Gasteiger partial charge in [-0.1, -0.05) is 5.09 Å². The third-order valence-corrected chi connectivity index (χ3v) is 5.71. The van der Waals surface area contributed by atoms with Crippen molar-refractivity contribution in [3.05, 3.63) is 6.33 Å². The highest BCUT2D eigenvalue weighted by atomic mass is 31.1. The van der Waals surface area contributed by atoms with Gasteiger partial charge in [-0.3, -0.25) is 14.4 Å². The molecule has 2 atom stereocenters. The summed E-state index contributed by atoms with van der Waals surface area (Å²) < 4.78 is 24.1. The van der Waals surface area contributed by atoms with E-state index in [1.165, 1.54) is 0 Å². The zero-order valence-corrected chi connectivity index (χ0v) is 20.9. The summed E-state index contributed by atoms with van der Waals surface area (Å²) in [5, 5.41) is 21.8. The van der Waals surface area contributed by atoms with E-state index < -0.39 is 31.9 Å². The number of anilines is 2. The van der Waals surface area contributed by atoms with Crippen molar-refractivity contribution in [2.45, 2.75) is 58.2 Å². The SMILES string of the molecule is CCOC(=O)[C@@H](C)N[P+](=O)COCCn1cnc2c(NC3CC3)nc(N)nc21.O=C(O)CCC(=O)O.[HH]. The van der Waals surface area contributed by atoms with Gasteiger partial charge in [0.05, 0.1) is 32.4 Å². The summed E-state index contributed by atoms with van der Waals surface area (Å²) in [6.07, 6.45) is 3.27. The lowest BCUT2D eigenvalue weighted by molar-refractivity contribution is -0.144. The summed E-state index contributed by atoms with van der Waals surface area (Å²) in [4.78, 5) is 43.7. The van der Waals surface area contributed by atoms with E-state index >= 15 is 0 Å². The Morgan fingerprint density at radius 1 is 1.28 bits per heavy atom. The van der Waals surface area contributed by atoms with Gasteiger partial charge in [-0.05, 0) is 31.3 Å². The predicted molar refractivity (Wildman–Crippen MR) is 131 cm³/mol. The van der Waals surface area contributed by atoms with E-state index in [9.17, 15) is 18.9 Å². The molecule has 1 fully saturated rings. The normalized spacial score (nSPS) is 13.9. The van der Waals surface area contributed by atoms with Crippen molar-refractivity contribution in [2.24, 2.45) is 0 Å². The highest BCUT2D eigenvalue weighted by Gasteiger charge is 2.26. The molecule has 1 aliphatic rings. The molecular weight excluding hydrogens is 497 g/mol. The van der Waals surface area contributed by atoms with Gasteiger partial charge in [0.1, 0.15) is 6.04 Å². The second-order valence-electron chi connectivity index (χ2n) is 7.77. The Kier molecular flexibility index (Phi) is 11.4. The van der Waals surface area contributed by atoms with Crippen LogP contribution in [0.3, 0.4) is 0 Å². The second-order valence-corrected chi connectivity index (χ2v) is 9.04. The fourth-order valence-corrected chi connectivity index (χ4v) is 3.65. The minimum absolute atomic E-state index is 0. The maximum Gasteiger partial charge on any atom is 0.461 e. The molecule has 1 aliphatic carbocycles. The van der Waals surface area contributed by atoms with Crippen LogP contribution in [-0.2, 0) is 35.0 Å². The summed E-state index contributed by atoms with van der Waals surface area (Å²) in [5.41, 5.74) is 7.10. The van der Waals surface area contributed by atoms with E-state index in [0.29, 0.717) is 36.2 Å². The summed E-state index contributed by atoms with van der Waals surface area (Å²) >= 11 is 0. The van der Waals surface area contributed by atoms with E-state index in [4.69, 9.17) is 25.4 Å². The number of carboxylic acids is 2. The van der Waals surface area contributed by atoms with E-state index in [1.807, 2.05) is 4.57 Å². The number of fused-ring (bicyclic) bond motifs is 1. The Hall–Kier alpha value is -3.42. The Morgan fingerprint density at radius 3 is 2.53 bits per heavy atom. The van der Waals surface area contributed by atoms with Crippen LogP contribution in [0.1, 0.15) is 41.0 Å². The number of carbonyl (C=O) groups is 3. The Labute approximate surface area is 209 Å². The van der Waals surface area contributed by atoms with Crippen molar-refractivity contribution < 1.29 is 40.1 Å². The van der Waals surface area contributed by atoms with Gasteiger partial charge in [0.15, 0.2) is 17.0 Å². The lowest BCUT2D eigenvalue weighted by Gasteiger charge is -2.07. The molecule has 2 heterocycles. The molecule has 0 amide bonds. The number of carbonyl (C=O) groups excluding carboxylic acids is 1. The standard InChI is InChI=1S/C16H25N7O4P.C4H6O4.H2/c1-3-27-15(24)10(2)22-28(25)9-26-7-6-23-8-18-12-13(19-11-4-5-11)20-16(17)21-14(12)23;5-3(6)1-2-4(7)8;/h8,10-11H,3-7,9H2,1-2H3,(H,22,25)(H3,17,19,20,21);1-2H2,(H,5,6)(H,7,8);1H/q+1;;/t10-;;/m1../s1. The van der Waals surface area contributed by atoms with Crippen LogP contribution in [0.15, 0.2) is 6.33 Å². The molecule has 200 valence electrons. The highest BCUT2D eigenvalue weighted by Crippen LogP contribution is 2.27. The van der Waals surface area contributed by atoms with Gasteiger partial charge < -0.3 is 35.3 Å². The summed E-state index contributed by atoms with van der Waals surface area (Å²) in [7, 11) is -1.88. The monoisotopic (exact) mass is 530 g/mol. The molecule has 15 nitrogen and oxygen atoms in total. The van der Waals surface area contributed by atoms with E-state index in [1.54, 1.807) is 20.2 Å². The number of hydrogen-bond donors (Lipinski definition) is 5. The molecule has 0 aromatic carbocycles. The van der Waals surface area contributed by atoms with Crippen LogP contribution < -0.4 is 16.1 Å². The third-order valence-electron chi connectivity index (χ3n) is 4.61. The smallest absolute Gasteiger partial charge is 0.461 e. The number of carboxylic acid groups (broad SMARTS) is 2. The molecule has 2 aromatic rings. The van der Waals surface area contributed by atoms with Gasteiger partial charge in [0.2, 0.25) is 5.95 Å². The average molecular weight is 530 g/mol. The minimum atomic E-state index is -1.88. The number of nitrogens with zero attached hydrogens (tertiary/aromatic N) is 4. The van der Waals surface area contributed by atoms with E-state index in [-0.39, 0.29) is 33.2 Å². The maximum atomic E-state index is 12.0. The number of nitrogens with one attached hydrogen (secondary N) is 2. The number of esters is 1. The maximum absolute atomic E-state index is 12.0. The minimum Gasteiger partial charge on any atom is -0.481 e. The van der Waals surface area contributed by atoms with Gasteiger partial charge in [-0.25, -0.2) is 4.98 Å². The van der Waals surface area contributed by atoms with Gasteiger partial charge in [0, 0.05) is 14.0 Å². The molecule has 1 unspecified atom stereocenters. The predicted octanol–water partition coefficient (Wildman–Crippen LogP) is 1.42. The summed E-state index contributed by atoms with van der Waals surface area (Å²) in [6.45, 7) is 4.37. The van der Waals surface area contributed by atoms with Crippen LogP contribution in [0.4, 0.5) is 11.8 Å². The molecule has 6 N–H and O–H groups in total. The van der Waals surface area contributed by atoms with Crippen LogP contribution in [0.2, 0.25) is 0 Å². The van der Waals surface area contributed by atoms with Gasteiger partial charge >= 0.3 is 25.9 Å². The number of aromatic nitrogens is 4. The molecule has 0 spiro atoms. The molecule has 0 aliphatic heterocycles. The van der Waals surface area contributed by atoms with E-state index in [2.05, 4.69) is 25.4 Å². The fraction of sp³-hybridized carbons (Fsp3) is 0.600. The number of nitrogen functional groups attached to an aromatic ring is 1. The highest BCUT2D eigenvalue weighted by molar-refractivity contribution is 7.42. The van der Waals surface area contributed by atoms with Gasteiger partial charge in [-0.2, -0.15) is 9.97 Å². The number of rotatable bonds is 14. The lowest BCUT2D eigenvalue weighted by Crippen LogP contribution is -2.31. The van der Waals surface area contributed by atoms with E-state index in [0.717, 1.165) is 12.8 Å². The molecule has 36 heavy (non-hydrogen) atoms. The Morgan fingerprint density at radius 2 is 1.94 bits per heavy atom. The molecule has 16 heteroatoms. The summed E-state index contributed by atoms with van der Waals surface area (Å²) in [6, 6.07) is -0.228. The van der Waals surface area contributed by atoms with Crippen molar-refractivity contribution in [1.29, 1.82) is 0 Å². The van der Waals surface area contributed by atoms with Gasteiger partial charge in [-0.15, -0.1) is 0 Å². The quantitative estimate of drug-likeness (QED) is 0.132. The first-order chi connectivity index (χ1) is 17.1. The molecule has 0 bridgehead atoms. The molecule has 2 aromatic heterocycles. The Bertz CT molecular complexity index is 1070. The Balaban J connectivity index is 0.000000661. The number of imidazole rings is 1. The molecule has 0 saturated heterocycles. The van der Waals surface area contributed by atoms with Crippen molar-refractivity contribution >= 4 is 48.8 Å². The molecule has 3 rings (SSSR count). The number of nitrogens with two attached hydrogens (primary N) is 1. The van der Waals surface area contributed by atoms with Crippen LogP contribution in [0.5, 0.6) is 0 Å². The first-order valence-corrected chi connectivity index (χ1v) is 12.7. The van der Waals surface area contributed by atoms with Crippen molar-refractivity contribution in [1.82, 2.24) is 24.6 Å². The topological polar surface area (TPSA) is 221 Å². The number of hydrogen-bond acceptors (Lipinski definition) is 11. The summed E-state index contributed by atoms with van der Waals surface area (Å²) in [5.74, 6) is -1.77. The van der Waals surface area contributed by atoms with Gasteiger partial charge in [0.25, 0.3) is 6.35 Å². The van der Waals surface area contributed by atoms with Crippen molar-refractivity contribution in [2.75, 3.05) is 30.6 Å². The molecule has 1 saturated carbocycles. The molecule has 0 radical (unpaired) electrons. The largest absolute Gasteiger partial charge is 0.481 e.